The van der Waals surface area contributed by atoms with Crippen molar-refractivity contribution >= 4 is 5.91 Å². The Morgan fingerprint density at radius 3 is 1.92 bits per heavy atom. The third-order valence-electron chi connectivity index (χ3n) is 5.18. The Morgan fingerprint density at radius 1 is 0.833 bits per heavy atom. The van der Waals surface area contributed by atoms with Crippen molar-refractivity contribution < 1.29 is 4.79 Å². The van der Waals surface area contributed by atoms with Crippen LogP contribution >= 0.6 is 0 Å². The summed E-state index contributed by atoms with van der Waals surface area (Å²) in [6, 6.07) is 12.5. The molecule has 24 heavy (non-hydrogen) atoms. The van der Waals surface area contributed by atoms with Crippen molar-refractivity contribution in [2.45, 2.75) is 20.8 Å². The smallest absolute Gasteiger partial charge is 0.253 e. The van der Waals surface area contributed by atoms with Crippen molar-refractivity contribution in [1.29, 1.82) is 0 Å². The predicted octanol–water partition coefficient (Wildman–Crippen LogP) is 3.67. The topological polar surface area (TPSA) is 23.6 Å². The third-order valence-corrected chi connectivity index (χ3v) is 5.18. The highest BCUT2D eigenvalue weighted by Crippen LogP contribution is 2.25. The summed E-state index contributed by atoms with van der Waals surface area (Å²) in [6.45, 7) is 9.98. The average molecular weight is 322 g/mol. The van der Waals surface area contributed by atoms with Gasteiger partial charge in [-0.1, -0.05) is 24.3 Å². The van der Waals surface area contributed by atoms with Gasteiger partial charge in [0, 0.05) is 31.7 Å². The number of amides is 1. The fraction of sp³-hybridized carbons (Fsp3) is 0.381. The minimum atomic E-state index is 0.144. The summed E-state index contributed by atoms with van der Waals surface area (Å²) in [5, 5.41) is 0. The van der Waals surface area contributed by atoms with Crippen molar-refractivity contribution in [3.8, 4) is 11.1 Å². The van der Waals surface area contributed by atoms with Gasteiger partial charge < -0.3 is 9.80 Å². The molecule has 0 atom stereocenters. The number of hydrogen-bond donors (Lipinski definition) is 0. The van der Waals surface area contributed by atoms with Crippen LogP contribution in [0.1, 0.15) is 27.0 Å². The molecule has 0 spiro atoms. The fourth-order valence-corrected chi connectivity index (χ4v) is 3.20. The first kappa shape index (κ1) is 16.7. The molecule has 3 heteroatoms. The molecule has 1 aliphatic heterocycles. The minimum absolute atomic E-state index is 0.144. The monoisotopic (exact) mass is 322 g/mol. The van der Waals surface area contributed by atoms with Crippen molar-refractivity contribution in [2.75, 3.05) is 33.2 Å². The molecular weight excluding hydrogens is 296 g/mol. The van der Waals surface area contributed by atoms with E-state index in [0.29, 0.717) is 0 Å². The lowest BCUT2D eigenvalue weighted by atomic mass is 9.96. The molecule has 0 N–H and O–H groups in total. The summed E-state index contributed by atoms with van der Waals surface area (Å²) in [4.78, 5) is 16.8. The van der Waals surface area contributed by atoms with Gasteiger partial charge >= 0.3 is 0 Å². The van der Waals surface area contributed by atoms with Crippen LogP contribution in [0, 0.1) is 20.8 Å². The Kier molecular flexibility index (Phi) is 4.72. The number of rotatable bonds is 2. The van der Waals surface area contributed by atoms with Crippen molar-refractivity contribution in [3.05, 3.63) is 58.7 Å². The molecule has 0 aromatic heterocycles. The number of likely N-dealkylation sites (N-methyl/N-ethyl adjacent to an activating group) is 1. The second-order valence-electron chi connectivity index (χ2n) is 6.91. The van der Waals surface area contributed by atoms with Gasteiger partial charge in [0.1, 0.15) is 0 Å². The number of hydrogen-bond acceptors (Lipinski definition) is 2. The van der Waals surface area contributed by atoms with E-state index in [-0.39, 0.29) is 5.91 Å². The Bertz CT molecular complexity index is 718. The molecule has 126 valence electrons. The predicted molar refractivity (Wildman–Crippen MR) is 99.5 cm³/mol. The van der Waals surface area contributed by atoms with E-state index in [1.54, 1.807) is 0 Å². The van der Waals surface area contributed by atoms with Crippen LogP contribution in [0.2, 0.25) is 0 Å². The zero-order valence-corrected chi connectivity index (χ0v) is 15.1. The van der Waals surface area contributed by atoms with E-state index in [2.05, 4.69) is 57.0 Å². The molecule has 1 fully saturated rings. The van der Waals surface area contributed by atoms with E-state index >= 15 is 0 Å². The molecule has 1 aliphatic rings. The molecule has 1 heterocycles. The van der Waals surface area contributed by atoms with Gasteiger partial charge in [-0.15, -0.1) is 0 Å². The fourth-order valence-electron chi connectivity index (χ4n) is 3.20. The van der Waals surface area contributed by atoms with Crippen LogP contribution in [0.25, 0.3) is 11.1 Å². The maximum absolute atomic E-state index is 12.6. The summed E-state index contributed by atoms with van der Waals surface area (Å²) in [6.07, 6.45) is 0. The Hall–Kier alpha value is -2.13. The lowest BCUT2D eigenvalue weighted by Gasteiger charge is -2.32. The molecule has 3 rings (SSSR count). The SMILES string of the molecule is Cc1cc(-c2ccc(C(=O)N3CCN(C)CC3)cc2)cc(C)c1C. The Balaban J connectivity index is 1.79. The van der Waals surface area contributed by atoms with Gasteiger partial charge in [0.2, 0.25) is 0 Å². The standard InChI is InChI=1S/C21H26N2O/c1-15-13-20(14-16(2)17(15)3)18-5-7-19(8-6-18)21(24)23-11-9-22(4)10-12-23/h5-8,13-14H,9-12H2,1-4H3. The lowest BCUT2D eigenvalue weighted by molar-refractivity contribution is 0.0664. The normalized spacial score (nSPS) is 15.6. The number of carbonyl (C=O) groups excluding carboxylic acids is 1. The van der Waals surface area contributed by atoms with Crippen LogP contribution in [0.3, 0.4) is 0 Å². The van der Waals surface area contributed by atoms with E-state index in [9.17, 15) is 4.79 Å². The first-order chi connectivity index (χ1) is 11.5. The van der Waals surface area contributed by atoms with Crippen LogP contribution in [0.4, 0.5) is 0 Å². The molecule has 0 unspecified atom stereocenters. The molecule has 3 nitrogen and oxygen atoms in total. The third kappa shape index (κ3) is 3.36. The maximum Gasteiger partial charge on any atom is 0.253 e. The summed E-state index contributed by atoms with van der Waals surface area (Å²) in [5.74, 6) is 0.144. The number of benzene rings is 2. The van der Waals surface area contributed by atoms with Gasteiger partial charge in [0.05, 0.1) is 0 Å². The van der Waals surface area contributed by atoms with E-state index < -0.39 is 0 Å². The molecule has 2 aromatic carbocycles. The van der Waals surface area contributed by atoms with Crippen LogP contribution in [-0.4, -0.2) is 48.9 Å². The zero-order valence-electron chi connectivity index (χ0n) is 15.1. The van der Waals surface area contributed by atoms with Gasteiger partial charge in [0.25, 0.3) is 5.91 Å². The highest BCUT2D eigenvalue weighted by Gasteiger charge is 2.20. The van der Waals surface area contributed by atoms with Crippen LogP contribution < -0.4 is 0 Å². The number of aryl methyl sites for hydroxylation is 2. The zero-order chi connectivity index (χ0) is 17.3. The number of piperazine rings is 1. The second-order valence-corrected chi connectivity index (χ2v) is 6.91. The first-order valence-electron chi connectivity index (χ1n) is 8.62. The van der Waals surface area contributed by atoms with Gasteiger partial charge in [-0.3, -0.25) is 4.79 Å². The van der Waals surface area contributed by atoms with E-state index in [0.717, 1.165) is 37.3 Å². The molecule has 0 saturated carbocycles. The largest absolute Gasteiger partial charge is 0.336 e. The van der Waals surface area contributed by atoms with Crippen LogP contribution in [-0.2, 0) is 0 Å². The molecule has 1 saturated heterocycles. The summed E-state index contributed by atoms with van der Waals surface area (Å²) in [5.41, 5.74) is 7.12. The van der Waals surface area contributed by atoms with E-state index in [1.165, 1.54) is 22.3 Å². The van der Waals surface area contributed by atoms with E-state index in [1.807, 2.05) is 17.0 Å². The first-order valence-corrected chi connectivity index (χ1v) is 8.62. The minimum Gasteiger partial charge on any atom is -0.336 e. The molecule has 2 aromatic rings. The lowest BCUT2D eigenvalue weighted by Crippen LogP contribution is -2.47. The quantitative estimate of drug-likeness (QED) is 0.842. The number of carbonyl (C=O) groups is 1. The molecule has 0 aliphatic carbocycles. The van der Waals surface area contributed by atoms with Crippen molar-refractivity contribution in [2.24, 2.45) is 0 Å². The van der Waals surface area contributed by atoms with Gasteiger partial charge in [-0.05, 0) is 67.8 Å². The van der Waals surface area contributed by atoms with Crippen molar-refractivity contribution in [1.82, 2.24) is 9.80 Å². The van der Waals surface area contributed by atoms with Crippen LogP contribution in [0.5, 0.6) is 0 Å². The average Bonchev–Trinajstić information content (AvgIpc) is 2.59. The summed E-state index contributed by atoms with van der Waals surface area (Å²) >= 11 is 0. The highest BCUT2D eigenvalue weighted by atomic mass is 16.2. The van der Waals surface area contributed by atoms with Crippen LogP contribution in [0.15, 0.2) is 36.4 Å². The maximum atomic E-state index is 12.6. The molecule has 0 bridgehead atoms. The summed E-state index contributed by atoms with van der Waals surface area (Å²) < 4.78 is 0. The van der Waals surface area contributed by atoms with Crippen molar-refractivity contribution in [3.63, 3.8) is 0 Å². The Labute approximate surface area is 144 Å². The van der Waals surface area contributed by atoms with Gasteiger partial charge in [-0.25, -0.2) is 0 Å². The Morgan fingerprint density at radius 2 is 1.38 bits per heavy atom. The highest BCUT2D eigenvalue weighted by molar-refractivity contribution is 5.94. The second kappa shape index (κ2) is 6.78. The molecule has 0 radical (unpaired) electrons. The number of nitrogens with zero attached hydrogens (tertiary/aromatic N) is 2. The van der Waals surface area contributed by atoms with Gasteiger partial charge in [0.15, 0.2) is 0 Å². The molecular formula is C21H26N2O. The van der Waals surface area contributed by atoms with E-state index in [4.69, 9.17) is 0 Å². The van der Waals surface area contributed by atoms with Gasteiger partial charge in [-0.2, -0.15) is 0 Å². The summed E-state index contributed by atoms with van der Waals surface area (Å²) in [7, 11) is 2.10. The molecule has 1 amide bonds.